The van der Waals surface area contributed by atoms with Gasteiger partial charge in [0.1, 0.15) is 0 Å². The van der Waals surface area contributed by atoms with Crippen LogP contribution >= 0.6 is 11.8 Å². The van der Waals surface area contributed by atoms with E-state index < -0.39 is 5.76 Å². The molecule has 1 saturated heterocycles. The van der Waals surface area contributed by atoms with Crippen LogP contribution in [0.5, 0.6) is 0 Å². The van der Waals surface area contributed by atoms with Crippen LogP contribution < -0.4 is 5.32 Å². The number of thioether (sulfide) groups is 1. The van der Waals surface area contributed by atoms with Crippen molar-refractivity contribution in [2.24, 2.45) is 5.92 Å². The molecule has 3 rings (SSSR count). The molecule has 0 aromatic heterocycles. The van der Waals surface area contributed by atoms with Crippen LogP contribution in [0.2, 0.25) is 0 Å². The Hall–Kier alpha value is -1.30. The largest absolute Gasteiger partial charge is 0.322 e. The second-order valence-corrected chi connectivity index (χ2v) is 7.64. The molecule has 1 atom stereocenters. The van der Waals surface area contributed by atoms with Gasteiger partial charge in [-0.05, 0) is 43.7 Å². The number of halogens is 2. The highest BCUT2D eigenvalue weighted by atomic mass is 32.2. The summed E-state index contributed by atoms with van der Waals surface area (Å²) in [7, 11) is 0. The second-order valence-electron chi connectivity index (χ2n) is 6.61. The van der Waals surface area contributed by atoms with Gasteiger partial charge in [0.25, 0.3) is 5.76 Å². The summed E-state index contributed by atoms with van der Waals surface area (Å²) < 4.78 is 25.4. The zero-order valence-corrected chi connectivity index (χ0v) is 14.5. The van der Waals surface area contributed by atoms with Crippen molar-refractivity contribution >= 4 is 23.5 Å². The molecule has 1 unspecified atom stereocenters. The average Bonchev–Trinajstić information content (AvgIpc) is 3.07. The number of rotatable bonds is 4. The molecule has 1 heterocycles. The van der Waals surface area contributed by atoms with Crippen LogP contribution in [0.25, 0.3) is 0 Å². The van der Waals surface area contributed by atoms with Crippen molar-refractivity contribution in [3.63, 3.8) is 0 Å². The number of benzene rings is 1. The van der Waals surface area contributed by atoms with Crippen molar-refractivity contribution < 1.29 is 13.6 Å². The molecule has 1 saturated carbocycles. The number of carbonyl (C=O) groups is 1. The minimum absolute atomic E-state index is 0.148. The first-order valence-electron chi connectivity index (χ1n) is 8.76. The number of nitrogens with zero attached hydrogens (tertiary/aromatic N) is 1. The molecule has 6 heteroatoms. The van der Waals surface area contributed by atoms with Crippen LogP contribution in [0.15, 0.2) is 29.2 Å². The molecular weight excluding hydrogens is 330 g/mol. The van der Waals surface area contributed by atoms with Gasteiger partial charge >= 0.3 is 6.03 Å². The van der Waals surface area contributed by atoms with Crippen molar-refractivity contribution in [3.05, 3.63) is 24.3 Å². The van der Waals surface area contributed by atoms with E-state index >= 15 is 0 Å². The van der Waals surface area contributed by atoms with E-state index in [0.29, 0.717) is 34.3 Å². The molecule has 132 valence electrons. The molecule has 1 aliphatic carbocycles. The molecule has 1 N–H and O–H groups in total. The van der Waals surface area contributed by atoms with E-state index in [0.717, 1.165) is 19.4 Å². The molecular formula is C18H24F2N2OS. The Morgan fingerprint density at radius 1 is 1.12 bits per heavy atom. The van der Waals surface area contributed by atoms with E-state index in [1.807, 2.05) is 4.90 Å². The first kappa shape index (κ1) is 17.5. The van der Waals surface area contributed by atoms with E-state index in [2.05, 4.69) is 5.32 Å². The number of hydrogen-bond acceptors (Lipinski definition) is 2. The maximum atomic E-state index is 12.7. The van der Waals surface area contributed by atoms with Crippen LogP contribution in [-0.2, 0) is 0 Å². The molecule has 0 bridgehead atoms. The fourth-order valence-corrected chi connectivity index (χ4v) is 4.60. The maximum absolute atomic E-state index is 12.7. The Morgan fingerprint density at radius 3 is 2.62 bits per heavy atom. The first-order chi connectivity index (χ1) is 11.6. The van der Waals surface area contributed by atoms with Crippen LogP contribution in [0.4, 0.5) is 19.3 Å². The van der Waals surface area contributed by atoms with E-state index in [1.54, 1.807) is 24.3 Å². The predicted molar refractivity (Wildman–Crippen MR) is 93.6 cm³/mol. The third kappa shape index (κ3) is 4.21. The van der Waals surface area contributed by atoms with E-state index in [4.69, 9.17) is 0 Å². The summed E-state index contributed by atoms with van der Waals surface area (Å²) in [5.41, 5.74) is 0.474. The number of para-hydroxylation sites is 1. The summed E-state index contributed by atoms with van der Waals surface area (Å²) in [6.45, 7) is 0.761. The summed E-state index contributed by atoms with van der Waals surface area (Å²) in [6, 6.07) is 6.93. The van der Waals surface area contributed by atoms with Crippen LogP contribution in [0.1, 0.15) is 44.9 Å². The summed E-state index contributed by atoms with van der Waals surface area (Å²) in [6.07, 6.45) is 8.30. The van der Waals surface area contributed by atoms with Crippen molar-refractivity contribution in [1.82, 2.24) is 4.90 Å². The lowest BCUT2D eigenvalue weighted by Crippen LogP contribution is -2.43. The number of amides is 2. The highest BCUT2D eigenvalue weighted by molar-refractivity contribution is 7.99. The molecule has 3 nitrogen and oxygen atoms in total. The Labute approximate surface area is 146 Å². The fourth-order valence-electron chi connectivity index (χ4n) is 4.01. The normalized spacial score (nSPS) is 22.1. The third-order valence-corrected chi connectivity index (χ3v) is 5.89. The van der Waals surface area contributed by atoms with Gasteiger partial charge in [-0.1, -0.05) is 43.2 Å². The van der Waals surface area contributed by atoms with Gasteiger partial charge in [-0.2, -0.15) is 8.78 Å². The Kier molecular flexibility index (Phi) is 5.98. The van der Waals surface area contributed by atoms with Gasteiger partial charge in [0.2, 0.25) is 0 Å². The van der Waals surface area contributed by atoms with Crippen LogP contribution in [-0.4, -0.2) is 29.3 Å². The molecule has 2 amide bonds. The molecule has 1 aromatic carbocycles. The van der Waals surface area contributed by atoms with Gasteiger partial charge in [-0.3, -0.25) is 0 Å². The van der Waals surface area contributed by atoms with E-state index in [-0.39, 0.29) is 6.03 Å². The number of likely N-dealkylation sites (tertiary alicyclic amines) is 1. The third-order valence-electron chi connectivity index (χ3n) is 5.10. The minimum atomic E-state index is -2.50. The molecule has 2 aliphatic rings. The monoisotopic (exact) mass is 354 g/mol. The predicted octanol–water partition coefficient (Wildman–Crippen LogP) is 5.58. The molecule has 0 radical (unpaired) electrons. The first-order valence-corrected chi connectivity index (χ1v) is 9.64. The highest BCUT2D eigenvalue weighted by Gasteiger charge is 2.35. The lowest BCUT2D eigenvalue weighted by Gasteiger charge is -2.34. The van der Waals surface area contributed by atoms with E-state index in [1.165, 1.54) is 32.1 Å². The molecule has 1 aromatic rings. The SMILES string of the molecule is O=C(Nc1ccccc1SC(F)F)N1CCCC1C1CCCCC1. The van der Waals surface area contributed by atoms with Gasteiger partial charge in [0.05, 0.1) is 5.69 Å². The van der Waals surface area contributed by atoms with Crippen LogP contribution in [0.3, 0.4) is 0 Å². The number of carbonyl (C=O) groups excluding carboxylic acids is 1. The minimum Gasteiger partial charge on any atom is -0.321 e. The summed E-state index contributed by atoms with van der Waals surface area (Å²) in [5, 5.41) is 2.86. The zero-order valence-electron chi connectivity index (χ0n) is 13.7. The van der Waals surface area contributed by atoms with Crippen LogP contribution in [0, 0.1) is 5.92 Å². The lowest BCUT2D eigenvalue weighted by atomic mass is 9.83. The highest BCUT2D eigenvalue weighted by Crippen LogP contribution is 2.36. The number of urea groups is 1. The number of anilines is 1. The number of hydrogen-bond donors (Lipinski definition) is 1. The molecule has 24 heavy (non-hydrogen) atoms. The number of alkyl halides is 2. The quantitative estimate of drug-likeness (QED) is 0.716. The summed E-state index contributed by atoms with van der Waals surface area (Å²) >= 11 is 0.472. The number of nitrogens with one attached hydrogen (secondary N) is 1. The Morgan fingerprint density at radius 2 is 1.88 bits per heavy atom. The van der Waals surface area contributed by atoms with Gasteiger partial charge in [-0.25, -0.2) is 4.79 Å². The van der Waals surface area contributed by atoms with Gasteiger partial charge in [0.15, 0.2) is 0 Å². The molecule has 1 aliphatic heterocycles. The molecule has 2 fully saturated rings. The van der Waals surface area contributed by atoms with Gasteiger partial charge < -0.3 is 10.2 Å². The van der Waals surface area contributed by atoms with Gasteiger partial charge in [0, 0.05) is 17.5 Å². The summed E-state index contributed by atoms with van der Waals surface area (Å²) in [5.74, 6) is -1.90. The standard InChI is InChI=1S/C18H24F2N2OS/c19-17(20)24-16-11-5-4-9-14(16)21-18(23)22-12-6-10-15(22)13-7-2-1-3-8-13/h4-5,9,11,13,15,17H,1-3,6-8,10,12H2,(H,21,23). The average molecular weight is 354 g/mol. The molecule has 0 spiro atoms. The second kappa shape index (κ2) is 8.19. The zero-order chi connectivity index (χ0) is 16.9. The lowest BCUT2D eigenvalue weighted by molar-refractivity contribution is 0.166. The van der Waals surface area contributed by atoms with Gasteiger partial charge in [-0.15, -0.1) is 0 Å². The van der Waals surface area contributed by atoms with Crippen molar-refractivity contribution in [3.8, 4) is 0 Å². The van der Waals surface area contributed by atoms with Crippen molar-refractivity contribution in [2.45, 2.75) is 61.6 Å². The van der Waals surface area contributed by atoms with Crippen molar-refractivity contribution in [1.29, 1.82) is 0 Å². The summed E-state index contributed by atoms with van der Waals surface area (Å²) in [4.78, 5) is 15.1. The Balaban J connectivity index is 1.68. The smallest absolute Gasteiger partial charge is 0.321 e. The Bertz CT molecular complexity index is 564. The topological polar surface area (TPSA) is 32.3 Å². The van der Waals surface area contributed by atoms with E-state index in [9.17, 15) is 13.6 Å². The fraction of sp³-hybridized carbons (Fsp3) is 0.611. The maximum Gasteiger partial charge on any atom is 0.322 e. The van der Waals surface area contributed by atoms with Crippen molar-refractivity contribution in [2.75, 3.05) is 11.9 Å².